The van der Waals surface area contributed by atoms with Crippen LogP contribution in [0.3, 0.4) is 0 Å². The summed E-state index contributed by atoms with van der Waals surface area (Å²) in [5, 5.41) is 8.66. The maximum Gasteiger partial charge on any atom is 0.316 e. The molecule has 1 aromatic heterocycles. The van der Waals surface area contributed by atoms with Crippen LogP contribution in [0.1, 0.15) is 32.1 Å². The van der Waals surface area contributed by atoms with Crippen LogP contribution in [-0.2, 0) is 16.6 Å². The Labute approximate surface area is 165 Å². The van der Waals surface area contributed by atoms with Crippen LogP contribution in [0.2, 0.25) is 5.02 Å². The van der Waals surface area contributed by atoms with Gasteiger partial charge in [0, 0.05) is 18.1 Å². The Balaban J connectivity index is 2.09. The molecule has 1 heterocycles. The lowest BCUT2D eigenvalue weighted by Crippen LogP contribution is -2.29. The third kappa shape index (κ3) is 5.90. The largest absolute Gasteiger partial charge is 0.464 e. The van der Waals surface area contributed by atoms with Crippen LogP contribution in [0.4, 0.5) is 0 Å². The van der Waals surface area contributed by atoms with Gasteiger partial charge in [-0.1, -0.05) is 16.7 Å². The number of aromatic nitrogens is 3. The summed E-state index contributed by atoms with van der Waals surface area (Å²) >= 11 is 5.82. The van der Waals surface area contributed by atoms with E-state index in [9.17, 15) is 8.42 Å². The number of hydrogen-bond donors (Lipinski definition) is 1. The Morgan fingerprint density at radius 1 is 1.26 bits per heavy atom. The smallest absolute Gasteiger partial charge is 0.316 e. The van der Waals surface area contributed by atoms with Crippen molar-refractivity contribution in [3.63, 3.8) is 0 Å². The molecule has 0 aliphatic rings. The van der Waals surface area contributed by atoms with Gasteiger partial charge in [0.05, 0.1) is 17.5 Å². The van der Waals surface area contributed by atoms with Crippen molar-refractivity contribution in [2.75, 3.05) is 27.2 Å². The molecule has 10 heteroatoms. The van der Waals surface area contributed by atoms with E-state index in [2.05, 4.69) is 19.8 Å². The maximum atomic E-state index is 12.6. The minimum absolute atomic E-state index is 0.140. The van der Waals surface area contributed by atoms with Gasteiger partial charge in [-0.15, -0.1) is 5.10 Å². The maximum absolute atomic E-state index is 12.6. The first-order valence-electron chi connectivity index (χ1n) is 8.73. The van der Waals surface area contributed by atoms with E-state index in [1.807, 2.05) is 21.0 Å². The Morgan fingerprint density at radius 2 is 1.93 bits per heavy atom. The van der Waals surface area contributed by atoms with Gasteiger partial charge in [-0.2, -0.15) is 0 Å². The molecule has 0 fully saturated rings. The first-order chi connectivity index (χ1) is 12.7. The van der Waals surface area contributed by atoms with Crippen LogP contribution in [0.15, 0.2) is 29.2 Å². The number of nitrogens with zero attached hydrogens (tertiary/aromatic N) is 4. The van der Waals surface area contributed by atoms with Gasteiger partial charge >= 0.3 is 6.01 Å². The second-order valence-corrected chi connectivity index (χ2v) is 8.54. The minimum atomic E-state index is -3.71. The Kier molecular flexibility index (Phi) is 7.60. The van der Waals surface area contributed by atoms with E-state index in [0.717, 1.165) is 13.0 Å². The summed E-state index contributed by atoms with van der Waals surface area (Å²) < 4.78 is 35.2. The molecule has 1 aromatic carbocycles. The van der Waals surface area contributed by atoms with Gasteiger partial charge in [-0.25, -0.2) is 13.1 Å². The number of ether oxygens (including phenoxy) is 1. The highest BCUT2D eigenvalue weighted by Crippen LogP contribution is 2.20. The molecule has 8 nitrogen and oxygen atoms in total. The van der Waals surface area contributed by atoms with E-state index in [4.69, 9.17) is 16.3 Å². The van der Waals surface area contributed by atoms with E-state index in [-0.39, 0.29) is 4.90 Å². The number of halogens is 1. The predicted molar refractivity (Wildman–Crippen MR) is 105 cm³/mol. The predicted octanol–water partition coefficient (Wildman–Crippen LogP) is 2.32. The summed E-state index contributed by atoms with van der Waals surface area (Å²) in [5.41, 5.74) is 0. The van der Waals surface area contributed by atoms with Crippen molar-refractivity contribution in [3.8, 4) is 6.01 Å². The van der Waals surface area contributed by atoms with E-state index in [0.29, 0.717) is 30.0 Å². The Bertz CT molecular complexity index is 837. The van der Waals surface area contributed by atoms with E-state index >= 15 is 0 Å². The Morgan fingerprint density at radius 3 is 2.52 bits per heavy atom. The standard InChI is InChI=1S/C17H26ClN5O3S/c1-5-23-16(19-20-17(23)26-12-6-11-22(3)4)13(2)21-27(24,25)15-9-7-14(18)8-10-15/h7-10,13,21H,5-6,11-12H2,1-4H3/t13-/m1/s1. The van der Waals surface area contributed by atoms with Gasteiger partial charge in [0.2, 0.25) is 10.0 Å². The number of sulfonamides is 1. The molecule has 150 valence electrons. The second-order valence-electron chi connectivity index (χ2n) is 6.39. The summed E-state index contributed by atoms with van der Waals surface area (Å²) in [6.45, 7) is 5.64. The van der Waals surface area contributed by atoms with Crippen molar-refractivity contribution in [3.05, 3.63) is 35.1 Å². The third-order valence-corrected chi connectivity index (χ3v) is 5.69. The van der Waals surface area contributed by atoms with Gasteiger partial charge in [0.15, 0.2) is 5.82 Å². The van der Waals surface area contributed by atoms with Crippen molar-refractivity contribution >= 4 is 21.6 Å². The van der Waals surface area contributed by atoms with Gasteiger partial charge < -0.3 is 9.64 Å². The molecule has 0 bridgehead atoms. The van der Waals surface area contributed by atoms with Crippen LogP contribution in [-0.4, -0.2) is 55.3 Å². The zero-order valence-electron chi connectivity index (χ0n) is 16.0. The molecule has 0 saturated heterocycles. The fourth-order valence-corrected chi connectivity index (χ4v) is 3.86. The molecule has 2 rings (SSSR count). The zero-order valence-corrected chi connectivity index (χ0v) is 17.6. The fourth-order valence-electron chi connectivity index (χ4n) is 2.54. The first kappa shape index (κ1) is 21.6. The van der Waals surface area contributed by atoms with E-state index in [1.165, 1.54) is 24.3 Å². The number of benzene rings is 1. The monoisotopic (exact) mass is 415 g/mol. The van der Waals surface area contributed by atoms with Gasteiger partial charge in [0.1, 0.15) is 0 Å². The summed E-state index contributed by atoms with van der Waals surface area (Å²) in [4.78, 5) is 2.22. The molecule has 0 spiro atoms. The van der Waals surface area contributed by atoms with E-state index < -0.39 is 16.1 Å². The zero-order chi connectivity index (χ0) is 20.0. The lowest BCUT2D eigenvalue weighted by Gasteiger charge is -2.15. The molecule has 0 saturated carbocycles. The highest BCUT2D eigenvalue weighted by molar-refractivity contribution is 7.89. The van der Waals surface area contributed by atoms with Crippen LogP contribution in [0.25, 0.3) is 0 Å². The van der Waals surface area contributed by atoms with Crippen LogP contribution in [0.5, 0.6) is 6.01 Å². The highest BCUT2D eigenvalue weighted by Gasteiger charge is 2.23. The average Bonchev–Trinajstić information content (AvgIpc) is 3.01. The summed E-state index contributed by atoms with van der Waals surface area (Å²) in [6.07, 6.45) is 0.859. The fraction of sp³-hybridized carbons (Fsp3) is 0.529. The van der Waals surface area contributed by atoms with Crippen molar-refractivity contribution in [2.24, 2.45) is 0 Å². The third-order valence-electron chi connectivity index (χ3n) is 3.89. The normalized spacial score (nSPS) is 13.1. The van der Waals surface area contributed by atoms with Crippen molar-refractivity contribution in [1.82, 2.24) is 24.4 Å². The molecule has 1 atom stereocenters. The van der Waals surface area contributed by atoms with Crippen LogP contribution < -0.4 is 9.46 Å². The molecule has 0 radical (unpaired) electrons. The summed E-state index contributed by atoms with van der Waals surface area (Å²) in [6, 6.07) is 5.81. The van der Waals surface area contributed by atoms with Crippen molar-refractivity contribution < 1.29 is 13.2 Å². The number of nitrogens with one attached hydrogen (secondary N) is 1. The van der Waals surface area contributed by atoms with Crippen molar-refractivity contribution in [1.29, 1.82) is 0 Å². The van der Waals surface area contributed by atoms with E-state index in [1.54, 1.807) is 11.5 Å². The molecular formula is C17H26ClN5O3S. The molecule has 0 aliphatic heterocycles. The topological polar surface area (TPSA) is 89.3 Å². The number of hydrogen-bond acceptors (Lipinski definition) is 6. The Hall–Kier alpha value is -1.68. The average molecular weight is 416 g/mol. The van der Waals surface area contributed by atoms with Crippen LogP contribution >= 0.6 is 11.6 Å². The van der Waals surface area contributed by atoms with Crippen LogP contribution in [0, 0.1) is 0 Å². The molecule has 0 aliphatic carbocycles. The SMILES string of the molecule is CCn1c(OCCCN(C)C)nnc1[C@@H](C)NS(=O)(=O)c1ccc(Cl)cc1. The first-order valence-corrected chi connectivity index (χ1v) is 10.6. The molecule has 0 amide bonds. The van der Waals surface area contributed by atoms with Gasteiger partial charge in [-0.05, 0) is 58.6 Å². The lowest BCUT2D eigenvalue weighted by molar-refractivity contribution is 0.252. The molecule has 0 unspecified atom stereocenters. The second kappa shape index (κ2) is 9.50. The highest BCUT2D eigenvalue weighted by atomic mass is 35.5. The molecular weight excluding hydrogens is 390 g/mol. The molecule has 1 N–H and O–H groups in total. The van der Waals surface area contributed by atoms with Gasteiger partial charge in [-0.3, -0.25) is 4.57 Å². The molecule has 2 aromatic rings. The molecule has 27 heavy (non-hydrogen) atoms. The van der Waals surface area contributed by atoms with Gasteiger partial charge in [0.25, 0.3) is 0 Å². The quantitative estimate of drug-likeness (QED) is 0.599. The number of rotatable bonds is 10. The summed E-state index contributed by atoms with van der Waals surface area (Å²) in [7, 11) is 0.296. The van der Waals surface area contributed by atoms with Crippen molar-refractivity contribution in [2.45, 2.75) is 37.8 Å². The minimum Gasteiger partial charge on any atom is -0.464 e. The lowest BCUT2D eigenvalue weighted by atomic mass is 10.3. The summed E-state index contributed by atoms with van der Waals surface area (Å²) in [5.74, 6) is 0.498.